The third kappa shape index (κ3) is 4.50. The average molecular weight is 439 g/mol. The molecular weight excluding hydrogens is 413 g/mol. The van der Waals surface area contributed by atoms with E-state index in [2.05, 4.69) is 5.32 Å². The molecule has 1 aliphatic carbocycles. The number of amides is 2. The van der Waals surface area contributed by atoms with Crippen molar-refractivity contribution in [2.45, 2.75) is 56.3 Å². The normalized spacial score (nSPS) is 19.6. The maximum atomic E-state index is 14.0. The van der Waals surface area contributed by atoms with Crippen LogP contribution in [0.1, 0.15) is 36.0 Å². The number of nitrogens with zero attached hydrogens (tertiary/aromatic N) is 1. The molecule has 168 valence electrons. The molecule has 4 N–H and O–H groups in total. The van der Waals surface area contributed by atoms with E-state index in [0.29, 0.717) is 24.8 Å². The molecule has 2 aromatic rings. The summed E-state index contributed by atoms with van der Waals surface area (Å²) in [5, 5.41) is 12.1. The minimum absolute atomic E-state index is 0.0512. The summed E-state index contributed by atoms with van der Waals surface area (Å²) < 4.78 is 14.0. The van der Waals surface area contributed by atoms with E-state index < -0.39 is 29.5 Å². The molecule has 0 spiro atoms. The zero-order chi connectivity index (χ0) is 22.9. The number of carboxylic acid groups (broad SMARTS) is 1. The fourth-order valence-corrected chi connectivity index (χ4v) is 4.22. The molecule has 2 aromatic carbocycles. The lowest BCUT2D eigenvalue weighted by molar-refractivity contribution is -0.146. The van der Waals surface area contributed by atoms with E-state index in [9.17, 15) is 23.9 Å². The van der Waals surface area contributed by atoms with Crippen LogP contribution < -0.4 is 11.1 Å². The van der Waals surface area contributed by atoms with Crippen LogP contribution in [0.25, 0.3) is 0 Å². The van der Waals surface area contributed by atoms with Crippen molar-refractivity contribution in [1.82, 2.24) is 10.2 Å². The molecule has 2 atom stereocenters. The predicted molar refractivity (Wildman–Crippen MR) is 115 cm³/mol. The van der Waals surface area contributed by atoms with Crippen molar-refractivity contribution in [2.24, 2.45) is 5.73 Å². The Balaban J connectivity index is 1.50. The van der Waals surface area contributed by atoms with Crippen LogP contribution in [0, 0.1) is 5.82 Å². The van der Waals surface area contributed by atoms with Gasteiger partial charge in [-0.15, -0.1) is 0 Å². The maximum absolute atomic E-state index is 14.0. The Kier molecular flexibility index (Phi) is 5.97. The number of carboxylic acids is 1. The van der Waals surface area contributed by atoms with Gasteiger partial charge in [-0.1, -0.05) is 42.5 Å². The van der Waals surface area contributed by atoms with E-state index in [-0.39, 0.29) is 31.1 Å². The number of halogens is 1. The van der Waals surface area contributed by atoms with Gasteiger partial charge in [-0.25, -0.2) is 9.18 Å². The Morgan fingerprint density at radius 3 is 2.44 bits per heavy atom. The van der Waals surface area contributed by atoms with Crippen molar-refractivity contribution in [3.05, 3.63) is 71.0 Å². The van der Waals surface area contributed by atoms with Crippen molar-refractivity contribution in [3.63, 3.8) is 0 Å². The smallest absolute Gasteiger partial charge is 0.329 e. The van der Waals surface area contributed by atoms with Gasteiger partial charge in [-0.3, -0.25) is 9.59 Å². The van der Waals surface area contributed by atoms with Gasteiger partial charge in [-0.2, -0.15) is 0 Å². The summed E-state index contributed by atoms with van der Waals surface area (Å²) in [4.78, 5) is 39.2. The molecule has 1 saturated carbocycles. The van der Waals surface area contributed by atoms with E-state index in [0.717, 1.165) is 11.1 Å². The van der Waals surface area contributed by atoms with Gasteiger partial charge >= 0.3 is 5.97 Å². The molecule has 0 radical (unpaired) electrons. The molecule has 1 heterocycles. The van der Waals surface area contributed by atoms with Crippen LogP contribution in [0.4, 0.5) is 4.39 Å². The maximum Gasteiger partial charge on any atom is 0.329 e. The van der Waals surface area contributed by atoms with Crippen LogP contribution in [-0.4, -0.2) is 45.4 Å². The number of rotatable bonds is 7. The third-order valence-corrected chi connectivity index (χ3v) is 6.27. The summed E-state index contributed by atoms with van der Waals surface area (Å²) in [6.07, 6.45) is 1.19. The first kappa shape index (κ1) is 22.0. The number of carbonyl (C=O) groups is 3. The molecule has 4 rings (SSSR count). The predicted octanol–water partition coefficient (Wildman–Crippen LogP) is 1.77. The largest absolute Gasteiger partial charge is 0.480 e. The van der Waals surface area contributed by atoms with Crippen molar-refractivity contribution in [3.8, 4) is 0 Å². The Morgan fingerprint density at radius 1 is 1.12 bits per heavy atom. The van der Waals surface area contributed by atoms with Gasteiger partial charge in [0.05, 0.1) is 0 Å². The Labute approximate surface area is 185 Å². The average Bonchev–Trinajstić information content (AvgIpc) is 3.55. The van der Waals surface area contributed by atoms with Crippen molar-refractivity contribution >= 4 is 17.8 Å². The Morgan fingerprint density at radius 2 is 1.78 bits per heavy atom. The highest BCUT2D eigenvalue weighted by atomic mass is 19.1. The van der Waals surface area contributed by atoms with E-state index in [1.165, 1.54) is 11.0 Å². The summed E-state index contributed by atoms with van der Waals surface area (Å²) in [7, 11) is 0. The number of benzene rings is 2. The zero-order valence-corrected chi connectivity index (χ0v) is 17.6. The fourth-order valence-electron chi connectivity index (χ4n) is 4.22. The van der Waals surface area contributed by atoms with Gasteiger partial charge < -0.3 is 21.1 Å². The molecule has 1 fully saturated rings. The molecule has 32 heavy (non-hydrogen) atoms. The Bertz CT molecular complexity index is 1050. The van der Waals surface area contributed by atoms with Crippen molar-refractivity contribution < 1.29 is 23.9 Å². The Hall–Kier alpha value is -3.26. The second-order valence-corrected chi connectivity index (χ2v) is 8.65. The summed E-state index contributed by atoms with van der Waals surface area (Å²) >= 11 is 0. The van der Waals surface area contributed by atoms with Gasteiger partial charge in [0.2, 0.25) is 11.8 Å². The van der Waals surface area contributed by atoms with Crippen LogP contribution in [0.15, 0.2) is 48.5 Å². The first-order valence-electron chi connectivity index (χ1n) is 10.7. The highest BCUT2D eigenvalue weighted by molar-refractivity contribution is 5.94. The molecule has 1 aliphatic heterocycles. The molecule has 7 nitrogen and oxygen atoms in total. The second kappa shape index (κ2) is 8.70. The molecular formula is C24H26FN3O4. The topological polar surface area (TPSA) is 113 Å². The molecule has 8 heteroatoms. The van der Waals surface area contributed by atoms with Crippen LogP contribution in [0.3, 0.4) is 0 Å². The van der Waals surface area contributed by atoms with Crippen molar-refractivity contribution in [2.75, 3.05) is 0 Å². The summed E-state index contributed by atoms with van der Waals surface area (Å²) in [6, 6.07) is 12.4. The first-order chi connectivity index (χ1) is 15.3. The number of carbonyl (C=O) groups excluding carboxylic acids is 2. The number of aliphatic carboxylic acids is 1. The lowest BCUT2D eigenvalue weighted by Gasteiger charge is -2.37. The number of nitrogens with two attached hydrogens (primary N) is 1. The highest BCUT2D eigenvalue weighted by Crippen LogP contribution is 2.36. The molecule has 1 unspecified atom stereocenters. The minimum atomic E-state index is -1.23. The molecule has 0 saturated heterocycles. The molecule has 2 aliphatic rings. The first-order valence-corrected chi connectivity index (χ1v) is 10.7. The standard InChI is InChI=1S/C24H26FN3O4/c25-19-8-4-3-6-16(19)11-18(26)13-21(29)28-14-17-7-2-1-5-15(17)12-20(28)22(30)27-24(9-10-24)23(31)32/h1-8,18,20H,9-14,26H2,(H,27,30)(H,31,32)/t18?,20-/m0/s1. The van der Waals surface area contributed by atoms with E-state index in [1.807, 2.05) is 24.3 Å². The van der Waals surface area contributed by atoms with Gasteiger partial charge in [0.15, 0.2) is 0 Å². The lowest BCUT2D eigenvalue weighted by atomic mass is 9.92. The number of hydrogen-bond acceptors (Lipinski definition) is 4. The van der Waals surface area contributed by atoms with Gasteiger partial charge in [-0.05, 0) is 42.0 Å². The van der Waals surface area contributed by atoms with Gasteiger partial charge in [0, 0.05) is 25.4 Å². The van der Waals surface area contributed by atoms with E-state index in [1.54, 1.807) is 18.2 Å². The highest BCUT2D eigenvalue weighted by Gasteiger charge is 2.53. The fraction of sp³-hybridized carbons (Fsp3) is 0.375. The zero-order valence-electron chi connectivity index (χ0n) is 17.6. The van der Waals surface area contributed by atoms with Gasteiger partial charge in [0.25, 0.3) is 0 Å². The second-order valence-electron chi connectivity index (χ2n) is 8.65. The van der Waals surface area contributed by atoms with E-state index >= 15 is 0 Å². The lowest BCUT2D eigenvalue weighted by Crippen LogP contribution is -2.56. The quantitative estimate of drug-likeness (QED) is 0.609. The van der Waals surface area contributed by atoms with Crippen LogP contribution in [0.2, 0.25) is 0 Å². The van der Waals surface area contributed by atoms with Crippen LogP contribution in [-0.2, 0) is 33.8 Å². The molecule has 0 aromatic heterocycles. The molecule has 2 amide bonds. The molecule has 0 bridgehead atoms. The van der Waals surface area contributed by atoms with Crippen molar-refractivity contribution in [1.29, 1.82) is 0 Å². The van der Waals surface area contributed by atoms with E-state index in [4.69, 9.17) is 5.73 Å². The summed E-state index contributed by atoms with van der Waals surface area (Å²) in [6.45, 7) is 0.236. The number of nitrogens with one attached hydrogen (secondary N) is 1. The number of fused-ring (bicyclic) bond motifs is 1. The SMILES string of the molecule is NC(CC(=O)N1Cc2ccccc2C[C@H]1C(=O)NC1(C(=O)O)CC1)Cc1ccccc1F. The van der Waals surface area contributed by atoms with Crippen LogP contribution >= 0.6 is 0 Å². The minimum Gasteiger partial charge on any atom is -0.480 e. The number of hydrogen-bond donors (Lipinski definition) is 3. The third-order valence-electron chi connectivity index (χ3n) is 6.27. The van der Waals surface area contributed by atoms with Crippen LogP contribution in [0.5, 0.6) is 0 Å². The monoisotopic (exact) mass is 439 g/mol. The summed E-state index contributed by atoms with van der Waals surface area (Å²) in [5.74, 6) is -2.23. The summed E-state index contributed by atoms with van der Waals surface area (Å²) in [5.41, 5.74) is 7.25. The van der Waals surface area contributed by atoms with Gasteiger partial charge in [0.1, 0.15) is 17.4 Å².